The van der Waals surface area contributed by atoms with E-state index in [-0.39, 0.29) is 30.6 Å². The van der Waals surface area contributed by atoms with Crippen molar-refractivity contribution in [1.82, 2.24) is 16.0 Å². The number of hydrogen-bond donors (Lipinski definition) is 5. The second-order valence-corrected chi connectivity index (χ2v) is 6.74. The molecule has 1 aliphatic rings. The summed E-state index contributed by atoms with van der Waals surface area (Å²) in [7, 11) is 0. The largest absolute Gasteiger partial charge is 0.389 e. The number of aliphatic hydroxyl groups is 1. The molecule has 5 N–H and O–H groups in total. The molecule has 0 bridgehead atoms. The highest BCUT2D eigenvalue weighted by Gasteiger charge is 2.35. The molecule has 1 saturated heterocycles. The van der Waals surface area contributed by atoms with Gasteiger partial charge in [0.2, 0.25) is 5.91 Å². The highest BCUT2D eigenvalue weighted by atomic mass is 16.5. The number of amides is 3. The summed E-state index contributed by atoms with van der Waals surface area (Å²) >= 11 is 0. The van der Waals surface area contributed by atoms with E-state index in [0.717, 1.165) is 11.3 Å². The smallest absolute Gasteiger partial charge is 0.315 e. The zero-order valence-corrected chi connectivity index (χ0v) is 15.4. The molecule has 8 heteroatoms. The summed E-state index contributed by atoms with van der Waals surface area (Å²) in [6.45, 7) is 6.42. The van der Waals surface area contributed by atoms with Crippen molar-refractivity contribution in [2.24, 2.45) is 0 Å². The van der Waals surface area contributed by atoms with Gasteiger partial charge in [0.25, 0.3) is 0 Å². The number of rotatable bonds is 7. The molecule has 8 nitrogen and oxygen atoms in total. The Balaban J connectivity index is 1.75. The van der Waals surface area contributed by atoms with E-state index < -0.39 is 12.2 Å². The minimum atomic E-state index is -0.701. The summed E-state index contributed by atoms with van der Waals surface area (Å²) in [5.41, 5.74) is 1.78. The van der Waals surface area contributed by atoms with E-state index in [1.54, 1.807) is 0 Å². The van der Waals surface area contributed by atoms with Gasteiger partial charge in [-0.1, -0.05) is 12.1 Å². The quantitative estimate of drug-likeness (QED) is 0.486. The molecule has 0 saturated carbocycles. The number of benzene rings is 1. The van der Waals surface area contributed by atoms with Crippen LogP contribution in [0.15, 0.2) is 24.3 Å². The van der Waals surface area contributed by atoms with E-state index in [0.29, 0.717) is 13.2 Å². The number of nitrogens with one attached hydrogen (secondary N) is 4. The molecular weight excluding hydrogens is 336 g/mol. The molecule has 1 aromatic carbocycles. The van der Waals surface area contributed by atoms with Gasteiger partial charge in [-0.05, 0) is 31.5 Å². The third kappa shape index (κ3) is 6.29. The van der Waals surface area contributed by atoms with Gasteiger partial charge in [0.15, 0.2) is 0 Å². The van der Waals surface area contributed by atoms with Crippen LogP contribution in [0.3, 0.4) is 0 Å². The van der Waals surface area contributed by atoms with Crippen LogP contribution in [0, 0.1) is 0 Å². The van der Waals surface area contributed by atoms with E-state index in [1.165, 1.54) is 6.92 Å². The summed E-state index contributed by atoms with van der Waals surface area (Å²) in [5.74, 6) is -0.108. The minimum Gasteiger partial charge on any atom is -0.389 e. The van der Waals surface area contributed by atoms with Gasteiger partial charge in [0, 0.05) is 31.7 Å². The molecule has 0 aliphatic carbocycles. The lowest BCUT2D eigenvalue weighted by atomic mass is 10.1. The zero-order valence-electron chi connectivity index (χ0n) is 15.4. The van der Waals surface area contributed by atoms with Crippen molar-refractivity contribution in [1.29, 1.82) is 0 Å². The molecular formula is C18H28N4O4. The number of hydrogen-bond acceptors (Lipinski definition) is 5. The van der Waals surface area contributed by atoms with Crippen LogP contribution in [-0.2, 0) is 16.1 Å². The first-order valence-corrected chi connectivity index (χ1v) is 8.79. The molecule has 3 atom stereocenters. The number of urea groups is 1. The Bertz CT molecular complexity index is 606. The monoisotopic (exact) mass is 364 g/mol. The molecule has 1 fully saturated rings. The fraction of sp³-hybridized carbons (Fsp3) is 0.556. The Kier molecular flexibility index (Phi) is 7.38. The van der Waals surface area contributed by atoms with Crippen molar-refractivity contribution in [2.45, 2.75) is 51.6 Å². The molecule has 0 aromatic heterocycles. The molecule has 3 amide bonds. The fourth-order valence-electron chi connectivity index (χ4n) is 2.71. The first kappa shape index (κ1) is 20.2. The Morgan fingerprint density at radius 3 is 2.58 bits per heavy atom. The summed E-state index contributed by atoms with van der Waals surface area (Å²) in [4.78, 5) is 22.6. The van der Waals surface area contributed by atoms with E-state index in [4.69, 9.17) is 4.74 Å². The molecule has 26 heavy (non-hydrogen) atoms. The second kappa shape index (κ2) is 9.51. The minimum absolute atomic E-state index is 0.0517. The maximum absolute atomic E-state index is 11.6. The molecule has 144 valence electrons. The lowest BCUT2D eigenvalue weighted by Gasteiger charge is -2.19. The first-order chi connectivity index (χ1) is 12.3. The maximum atomic E-state index is 11.6. The molecule has 1 aromatic rings. The van der Waals surface area contributed by atoms with E-state index >= 15 is 0 Å². The summed E-state index contributed by atoms with van der Waals surface area (Å²) in [5, 5.41) is 21.8. The van der Waals surface area contributed by atoms with Gasteiger partial charge >= 0.3 is 6.03 Å². The highest BCUT2D eigenvalue weighted by Crippen LogP contribution is 2.15. The van der Waals surface area contributed by atoms with Crippen LogP contribution >= 0.6 is 0 Å². The Morgan fingerprint density at radius 1 is 1.27 bits per heavy atom. The van der Waals surface area contributed by atoms with Crippen LogP contribution < -0.4 is 21.3 Å². The van der Waals surface area contributed by atoms with Crippen molar-refractivity contribution in [3.63, 3.8) is 0 Å². The lowest BCUT2D eigenvalue weighted by Crippen LogP contribution is -2.47. The van der Waals surface area contributed by atoms with Crippen molar-refractivity contribution in [2.75, 3.05) is 18.5 Å². The molecule has 0 spiro atoms. The van der Waals surface area contributed by atoms with Crippen molar-refractivity contribution in [3.05, 3.63) is 29.8 Å². The zero-order chi connectivity index (χ0) is 19.1. The molecule has 0 radical (unpaired) electrons. The normalized spacial score (nSPS) is 22.3. The van der Waals surface area contributed by atoms with Crippen molar-refractivity contribution in [3.8, 4) is 0 Å². The molecule has 2 rings (SSSR count). The van der Waals surface area contributed by atoms with Gasteiger partial charge in [-0.15, -0.1) is 0 Å². The number of aliphatic hydroxyl groups excluding tert-OH is 1. The van der Waals surface area contributed by atoms with Gasteiger partial charge < -0.3 is 31.1 Å². The van der Waals surface area contributed by atoms with Gasteiger partial charge in [-0.25, -0.2) is 4.79 Å². The van der Waals surface area contributed by atoms with Gasteiger partial charge in [0.1, 0.15) is 6.10 Å². The van der Waals surface area contributed by atoms with Crippen LogP contribution in [0.5, 0.6) is 0 Å². The average molecular weight is 364 g/mol. The first-order valence-electron chi connectivity index (χ1n) is 8.79. The van der Waals surface area contributed by atoms with Crippen molar-refractivity contribution >= 4 is 17.6 Å². The standard InChI is InChI=1S/C18H28N4O4/c1-11(2)21-18(25)20-9-16-17(24)15(10-26-16)19-8-13-4-6-14(7-5-13)22-12(3)23/h4-7,11,15-17,19,24H,8-10H2,1-3H3,(H,22,23)(H2,20,21,25)/t15-,16-,17+/m1/s1. The summed E-state index contributed by atoms with van der Waals surface area (Å²) in [6.07, 6.45) is -1.14. The van der Waals surface area contributed by atoms with E-state index in [1.807, 2.05) is 38.1 Å². The Hall–Kier alpha value is -2.16. The van der Waals surface area contributed by atoms with Crippen molar-refractivity contribution < 1.29 is 19.4 Å². The van der Waals surface area contributed by atoms with Crippen LogP contribution in [0.4, 0.5) is 10.5 Å². The summed E-state index contributed by atoms with van der Waals surface area (Å²) < 4.78 is 5.58. The Labute approximate surface area is 153 Å². The molecule has 0 unspecified atom stereocenters. The molecule has 1 heterocycles. The predicted octanol–water partition coefficient (Wildman–Crippen LogP) is 0.571. The van der Waals surface area contributed by atoms with Gasteiger partial charge in [-0.2, -0.15) is 0 Å². The molecule has 1 aliphatic heterocycles. The highest BCUT2D eigenvalue weighted by molar-refractivity contribution is 5.88. The van der Waals surface area contributed by atoms with E-state index in [9.17, 15) is 14.7 Å². The third-order valence-electron chi connectivity index (χ3n) is 4.01. The van der Waals surface area contributed by atoms with Gasteiger partial charge in [0.05, 0.1) is 18.8 Å². The number of carbonyl (C=O) groups is 2. The number of anilines is 1. The fourth-order valence-corrected chi connectivity index (χ4v) is 2.71. The average Bonchev–Trinajstić information content (AvgIpc) is 2.91. The predicted molar refractivity (Wildman–Crippen MR) is 98.8 cm³/mol. The van der Waals surface area contributed by atoms with E-state index in [2.05, 4.69) is 21.3 Å². The van der Waals surface area contributed by atoms with Crippen LogP contribution in [0.25, 0.3) is 0 Å². The lowest BCUT2D eigenvalue weighted by molar-refractivity contribution is -0.114. The maximum Gasteiger partial charge on any atom is 0.315 e. The third-order valence-corrected chi connectivity index (χ3v) is 4.01. The number of carbonyl (C=O) groups excluding carboxylic acids is 2. The second-order valence-electron chi connectivity index (χ2n) is 6.74. The van der Waals surface area contributed by atoms with Gasteiger partial charge in [-0.3, -0.25) is 4.79 Å². The van der Waals surface area contributed by atoms with Crippen LogP contribution in [0.2, 0.25) is 0 Å². The van der Waals surface area contributed by atoms with Crippen LogP contribution in [0.1, 0.15) is 26.3 Å². The SMILES string of the molecule is CC(=O)Nc1ccc(CN[C@@H]2CO[C@H](CNC(=O)NC(C)C)[C@H]2O)cc1. The topological polar surface area (TPSA) is 112 Å². The Morgan fingerprint density at radius 2 is 1.96 bits per heavy atom. The number of ether oxygens (including phenoxy) is 1. The van der Waals surface area contributed by atoms with Crippen LogP contribution in [-0.4, -0.2) is 54.5 Å². The summed E-state index contributed by atoms with van der Waals surface area (Å²) in [6, 6.07) is 7.07.